The normalized spacial score (nSPS) is 22.9. The number of thiophene rings is 1. The average molecular weight is 305 g/mol. The zero-order valence-corrected chi connectivity index (χ0v) is 11.9. The number of aliphatic hydroxyl groups is 1. The summed E-state index contributed by atoms with van der Waals surface area (Å²) in [6.45, 7) is -1.21. The number of carbonyl (C=O) groups is 1. The molecule has 1 aromatic rings. The van der Waals surface area contributed by atoms with Crippen molar-refractivity contribution in [3.63, 3.8) is 0 Å². The Morgan fingerprint density at radius 3 is 2.70 bits per heavy atom. The molecule has 7 heteroatoms. The van der Waals surface area contributed by atoms with Gasteiger partial charge in [0.05, 0.1) is 6.10 Å². The maximum atomic E-state index is 12.3. The van der Waals surface area contributed by atoms with E-state index in [1.807, 2.05) is 0 Å². The lowest BCUT2D eigenvalue weighted by Gasteiger charge is -2.26. The Morgan fingerprint density at radius 1 is 1.45 bits per heavy atom. The summed E-state index contributed by atoms with van der Waals surface area (Å²) in [6.07, 6.45) is 2.39. The summed E-state index contributed by atoms with van der Waals surface area (Å²) in [7, 11) is 0. The molecule has 2 rings (SSSR count). The van der Waals surface area contributed by atoms with Gasteiger partial charge in [-0.2, -0.15) is 8.78 Å². The van der Waals surface area contributed by atoms with Gasteiger partial charge < -0.3 is 15.2 Å². The van der Waals surface area contributed by atoms with Gasteiger partial charge in [0.1, 0.15) is 10.6 Å². The molecule has 0 aromatic carbocycles. The van der Waals surface area contributed by atoms with Gasteiger partial charge in [0.25, 0.3) is 5.91 Å². The summed E-state index contributed by atoms with van der Waals surface area (Å²) in [5.41, 5.74) is 0. The predicted molar refractivity (Wildman–Crippen MR) is 71.4 cm³/mol. The van der Waals surface area contributed by atoms with E-state index in [-0.39, 0.29) is 28.7 Å². The third kappa shape index (κ3) is 3.89. The molecule has 1 heterocycles. The summed E-state index contributed by atoms with van der Waals surface area (Å²) in [6, 6.07) is 1.42. The van der Waals surface area contributed by atoms with Crippen molar-refractivity contribution in [1.29, 1.82) is 0 Å². The fraction of sp³-hybridized carbons (Fsp3) is 0.615. The minimum Gasteiger partial charge on any atom is -0.433 e. The smallest absolute Gasteiger partial charge is 0.387 e. The third-order valence-corrected chi connectivity index (χ3v) is 4.31. The van der Waals surface area contributed by atoms with Gasteiger partial charge in [-0.1, -0.05) is 0 Å². The van der Waals surface area contributed by atoms with Crippen molar-refractivity contribution in [2.24, 2.45) is 0 Å². The highest BCUT2D eigenvalue weighted by atomic mass is 32.1. The number of halogens is 2. The molecule has 1 amide bonds. The number of carbonyl (C=O) groups excluding carboxylic acids is 1. The van der Waals surface area contributed by atoms with Crippen LogP contribution in [0.2, 0.25) is 0 Å². The Hall–Kier alpha value is -1.21. The lowest BCUT2D eigenvalue weighted by Crippen LogP contribution is -2.38. The molecule has 20 heavy (non-hydrogen) atoms. The van der Waals surface area contributed by atoms with Crippen LogP contribution in [-0.4, -0.2) is 29.8 Å². The van der Waals surface area contributed by atoms with Gasteiger partial charge in [0.2, 0.25) is 0 Å². The van der Waals surface area contributed by atoms with Gasteiger partial charge in [-0.05, 0) is 38.7 Å². The Balaban J connectivity index is 2.01. The van der Waals surface area contributed by atoms with Crippen molar-refractivity contribution in [3.8, 4) is 5.75 Å². The van der Waals surface area contributed by atoms with E-state index in [1.165, 1.54) is 6.07 Å². The maximum Gasteiger partial charge on any atom is 0.387 e. The van der Waals surface area contributed by atoms with Crippen LogP contribution in [0, 0.1) is 6.92 Å². The topological polar surface area (TPSA) is 58.6 Å². The summed E-state index contributed by atoms with van der Waals surface area (Å²) in [5.74, 6) is -0.462. The largest absolute Gasteiger partial charge is 0.433 e. The minimum atomic E-state index is -2.94. The SMILES string of the molecule is Cc1cc(OC(F)F)c(C(=O)NC2CCC(O)CC2)s1. The van der Waals surface area contributed by atoms with Crippen molar-refractivity contribution in [1.82, 2.24) is 5.32 Å². The average Bonchev–Trinajstić information content (AvgIpc) is 2.72. The molecule has 0 unspecified atom stereocenters. The summed E-state index contributed by atoms with van der Waals surface area (Å²) >= 11 is 1.13. The van der Waals surface area contributed by atoms with Crippen LogP contribution in [0.5, 0.6) is 5.75 Å². The molecule has 1 aliphatic carbocycles. The maximum absolute atomic E-state index is 12.3. The second kappa shape index (κ2) is 6.49. The third-order valence-electron chi connectivity index (χ3n) is 3.28. The number of nitrogens with one attached hydrogen (secondary N) is 1. The molecular formula is C13H17F2NO3S. The van der Waals surface area contributed by atoms with Crippen LogP contribution >= 0.6 is 11.3 Å². The van der Waals surface area contributed by atoms with Crippen molar-refractivity contribution < 1.29 is 23.4 Å². The van der Waals surface area contributed by atoms with E-state index < -0.39 is 6.61 Å². The van der Waals surface area contributed by atoms with E-state index in [0.717, 1.165) is 16.2 Å². The molecule has 2 N–H and O–H groups in total. The van der Waals surface area contributed by atoms with Crippen molar-refractivity contribution >= 4 is 17.2 Å². The number of hydrogen-bond donors (Lipinski definition) is 2. The van der Waals surface area contributed by atoms with Crippen molar-refractivity contribution in [3.05, 3.63) is 15.8 Å². The van der Waals surface area contributed by atoms with E-state index in [9.17, 15) is 18.7 Å². The number of amides is 1. The molecule has 1 aromatic heterocycles. The van der Waals surface area contributed by atoms with E-state index in [4.69, 9.17) is 0 Å². The van der Waals surface area contributed by atoms with Crippen LogP contribution in [0.15, 0.2) is 6.07 Å². The number of rotatable bonds is 4. The lowest BCUT2D eigenvalue weighted by molar-refractivity contribution is -0.0498. The van der Waals surface area contributed by atoms with Gasteiger partial charge in [-0.25, -0.2) is 0 Å². The van der Waals surface area contributed by atoms with Crippen LogP contribution in [0.1, 0.15) is 40.2 Å². The highest BCUT2D eigenvalue weighted by molar-refractivity contribution is 7.14. The highest BCUT2D eigenvalue weighted by Gasteiger charge is 2.24. The Morgan fingerprint density at radius 2 is 2.10 bits per heavy atom. The van der Waals surface area contributed by atoms with Crippen molar-refractivity contribution in [2.75, 3.05) is 0 Å². The molecule has 1 fully saturated rings. The first-order chi connectivity index (χ1) is 9.45. The predicted octanol–water partition coefficient (Wildman–Crippen LogP) is 2.69. The number of ether oxygens (including phenoxy) is 1. The molecular weight excluding hydrogens is 288 g/mol. The molecule has 0 spiro atoms. The molecule has 0 saturated heterocycles. The second-order valence-corrected chi connectivity index (χ2v) is 6.16. The van der Waals surface area contributed by atoms with Crippen LogP contribution in [0.3, 0.4) is 0 Å². The molecule has 1 aliphatic rings. The van der Waals surface area contributed by atoms with Gasteiger partial charge in [0.15, 0.2) is 0 Å². The first-order valence-corrected chi connectivity index (χ1v) is 7.31. The van der Waals surface area contributed by atoms with Crippen LogP contribution in [0.4, 0.5) is 8.78 Å². The first-order valence-electron chi connectivity index (χ1n) is 6.50. The first kappa shape index (κ1) is 15.2. The molecule has 112 valence electrons. The summed E-state index contributed by atoms with van der Waals surface area (Å²) < 4.78 is 29.0. The van der Waals surface area contributed by atoms with Crippen LogP contribution in [0.25, 0.3) is 0 Å². The van der Waals surface area contributed by atoms with E-state index in [2.05, 4.69) is 10.1 Å². The molecule has 1 saturated carbocycles. The molecule has 0 aliphatic heterocycles. The zero-order valence-electron chi connectivity index (χ0n) is 11.1. The number of alkyl halides is 2. The molecule has 0 bridgehead atoms. The van der Waals surface area contributed by atoms with Gasteiger partial charge >= 0.3 is 6.61 Å². The van der Waals surface area contributed by atoms with E-state index in [0.29, 0.717) is 25.7 Å². The number of aliphatic hydroxyl groups excluding tert-OH is 1. The van der Waals surface area contributed by atoms with Crippen LogP contribution in [-0.2, 0) is 0 Å². The monoisotopic (exact) mass is 305 g/mol. The fourth-order valence-electron chi connectivity index (χ4n) is 2.30. The summed E-state index contributed by atoms with van der Waals surface area (Å²) in [4.78, 5) is 13.0. The summed E-state index contributed by atoms with van der Waals surface area (Å²) in [5, 5.41) is 12.2. The molecule has 0 radical (unpaired) electrons. The Labute approximate surface area is 119 Å². The Bertz CT molecular complexity index is 470. The fourth-order valence-corrected chi connectivity index (χ4v) is 3.15. The van der Waals surface area contributed by atoms with Gasteiger partial charge in [-0.3, -0.25) is 4.79 Å². The second-order valence-electron chi connectivity index (χ2n) is 4.91. The van der Waals surface area contributed by atoms with Gasteiger partial charge in [-0.15, -0.1) is 11.3 Å². The molecule has 0 atom stereocenters. The van der Waals surface area contributed by atoms with Crippen LogP contribution < -0.4 is 10.1 Å². The zero-order chi connectivity index (χ0) is 14.7. The van der Waals surface area contributed by atoms with E-state index in [1.54, 1.807) is 6.92 Å². The Kier molecular flexibility index (Phi) is 4.93. The van der Waals surface area contributed by atoms with Gasteiger partial charge in [0, 0.05) is 10.9 Å². The lowest BCUT2D eigenvalue weighted by atomic mass is 9.93. The molecule has 4 nitrogen and oxygen atoms in total. The van der Waals surface area contributed by atoms with E-state index >= 15 is 0 Å². The minimum absolute atomic E-state index is 0.0206. The number of hydrogen-bond acceptors (Lipinski definition) is 4. The quantitative estimate of drug-likeness (QED) is 0.899. The van der Waals surface area contributed by atoms with Crippen molar-refractivity contribution in [2.45, 2.75) is 51.4 Å². The highest BCUT2D eigenvalue weighted by Crippen LogP contribution is 2.30. The standard InChI is InChI=1S/C13H17F2NO3S/c1-7-6-10(19-13(14)15)11(20-7)12(18)16-8-2-4-9(17)5-3-8/h6,8-9,13,17H,2-5H2,1H3,(H,16,18). The number of aryl methyl sites for hydroxylation is 1.